The summed E-state index contributed by atoms with van der Waals surface area (Å²) in [6.07, 6.45) is 0.561. The molecule has 4 rings (SSSR count). The lowest BCUT2D eigenvalue weighted by Crippen LogP contribution is -2.52. The number of aliphatic hydroxyl groups excluding tert-OH is 1. The molecule has 25 heavy (non-hydrogen) atoms. The van der Waals surface area contributed by atoms with Crippen molar-refractivity contribution in [1.29, 1.82) is 0 Å². The topological polar surface area (TPSA) is 99.2 Å². The smallest absolute Gasteiger partial charge is 0.255 e. The van der Waals surface area contributed by atoms with E-state index in [1.165, 1.54) is 4.90 Å². The molecule has 3 heterocycles. The Kier molecular flexibility index (Phi) is 3.64. The highest BCUT2D eigenvalue weighted by Crippen LogP contribution is 2.42. The molecule has 3 amide bonds. The van der Waals surface area contributed by atoms with E-state index in [0.29, 0.717) is 24.3 Å². The Hall–Kier alpha value is -2.61. The molecule has 3 aliphatic rings. The zero-order valence-corrected chi connectivity index (χ0v) is 13.8. The van der Waals surface area contributed by atoms with Crippen molar-refractivity contribution in [2.75, 3.05) is 25.2 Å². The molecule has 1 aromatic rings. The summed E-state index contributed by atoms with van der Waals surface area (Å²) in [4.78, 5) is 39.7. The quantitative estimate of drug-likeness (QED) is 0.710. The number of imide groups is 1. The van der Waals surface area contributed by atoms with Crippen LogP contribution in [-0.2, 0) is 16.1 Å². The molecule has 1 saturated heterocycles. The van der Waals surface area contributed by atoms with Crippen molar-refractivity contribution in [2.24, 2.45) is 0 Å². The number of fused-ring (bicyclic) bond motifs is 3. The lowest BCUT2D eigenvalue weighted by Gasteiger charge is -2.35. The number of hydrogen-bond acceptors (Lipinski definition) is 6. The molecule has 0 aromatic heterocycles. The fourth-order valence-corrected chi connectivity index (χ4v) is 3.70. The Morgan fingerprint density at radius 1 is 1.32 bits per heavy atom. The molecule has 0 saturated carbocycles. The molecule has 0 spiro atoms. The van der Waals surface area contributed by atoms with Crippen molar-refractivity contribution in [3.8, 4) is 5.75 Å². The number of benzene rings is 1. The fraction of sp³-hybridized carbons (Fsp3) is 0.471. The Morgan fingerprint density at radius 3 is 2.84 bits per heavy atom. The summed E-state index contributed by atoms with van der Waals surface area (Å²) in [5.41, 5.74) is 2.11. The number of rotatable bonds is 2. The molecule has 8 nitrogen and oxygen atoms in total. The van der Waals surface area contributed by atoms with Crippen molar-refractivity contribution in [2.45, 2.75) is 31.5 Å². The number of carbonyl (C=O) groups is 3. The molecule has 3 aliphatic heterocycles. The lowest BCUT2D eigenvalue weighted by molar-refractivity contribution is -0.136. The number of hydrogen-bond donors (Lipinski definition) is 2. The van der Waals surface area contributed by atoms with Gasteiger partial charge in [-0.15, -0.1) is 0 Å². The maximum Gasteiger partial charge on any atom is 0.255 e. The summed E-state index contributed by atoms with van der Waals surface area (Å²) in [6, 6.07) is 2.78. The van der Waals surface area contributed by atoms with E-state index in [0.717, 1.165) is 11.3 Å². The van der Waals surface area contributed by atoms with E-state index in [9.17, 15) is 19.5 Å². The maximum atomic E-state index is 12.8. The number of nitrogens with one attached hydrogen (secondary N) is 1. The lowest BCUT2D eigenvalue weighted by atomic mass is 10.0. The molecule has 1 aromatic carbocycles. The summed E-state index contributed by atoms with van der Waals surface area (Å²) in [7, 11) is 1.88. The van der Waals surface area contributed by atoms with Gasteiger partial charge in [-0.1, -0.05) is 0 Å². The Labute approximate surface area is 144 Å². The summed E-state index contributed by atoms with van der Waals surface area (Å²) >= 11 is 0. The third kappa shape index (κ3) is 2.36. The number of amides is 3. The molecule has 2 N–H and O–H groups in total. The third-order valence-electron chi connectivity index (χ3n) is 5.20. The van der Waals surface area contributed by atoms with E-state index >= 15 is 0 Å². The van der Waals surface area contributed by atoms with Gasteiger partial charge >= 0.3 is 0 Å². The highest BCUT2D eigenvalue weighted by Gasteiger charge is 2.41. The van der Waals surface area contributed by atoms with Crippen LogP contribution < -0.4 is 15.0 Å². The van der Waals surface area contributed by atoms with Gasteiger partial charge in [-0.2, -0.15) is 0 Å². The Morgan fingerprint density at radius 2 is 2.12 bits per heavy atom. The first-order chi connectivity index (χ1) is 12.0. The van der Waals surface area contributed by atoms with Gasteiger partial charge in [-0.25, -0.2) is 0 Å². The van der Waals surface area contributed by atoms with Crippen LogP contribution in [0, 0.1) is 0 Å². The van der Waals surface area contributed by atoms with Gasteiger partial charge in [0, 0.05) is 24.6 Å². The highest BCUT2D eigenvalue weighted by molar-refractivity contribution is 6.06. The summed E-state index contributed by atoms with van der Waals surface area (Å²) in [5.74, 6) is -0.317. The Bertz CT molecular complexity index is 778. The average Bonchev–Trinajstić information content (AvgIpc) is 2.92. The van der Waals surface area contributed by atoms with Crippen molar-refractivity contribution >= 4 is 23.4 Å². The zero-order chi connectivity index (χ0) is 17.7. The van der Waals surface area contributed by atoms with Gasteiger partial charge in [0.05, 0.1) is 24.9 Å². The first-order valence-electron chi connectivity index (χ1n) is 8.28. The van der Waals surface area contributed by atoms with E-state index in [2.05, 4.69) is 5.32 Å². The summed E-state index contributed by atoms with van der Waals surface area (Å²) in [6.45, 7) is 0.596. The summed E-state index contributed by atoms with van der Waals surface area (Å²) in [5, 5.41) is 11.7. The van der Waals surface area contributed by atoms with Crippen molar-refractivity contribution in [3.05, 3.63) is 23.3 Å². The number of carbonyl (C=O) groups excluding carboxylic acids is 3. The van der Waals surface area contributed by atoms with Crippen LogP contribution in [0.4, 0.5) is 5.69 Å². The van der Waals surface area contributed by atoms with Gasteiger partial charge in [0.25, 0.3) is 5.91 Å². The first-order valence-corrected chi connectivity index (χ1v) is 8.28. The molecule has 1 fully saturated rings. The molecule has 132 valence electrons. The van der Waals surface area contributed by atoms with Crippen molar-refractivity contribution in [1.82, 2.24) is 10.2 Å². The molecule has 2 atom stereocenters. The van der Waals surface area contributed by atoms with E-state index in [1.54, 1.807) is 6.07 Å². The largest absolute Gasteiger partial charge is 0.489 e. The highest BCUT2D eigenvalue weighted by atomic mass is 16.5. The van der Waals surface area contributed by atoms with E-state index in [4.69, 9.17) is 4.74 Å². The first kappa shape index (κ1) is 15.9. The minimum absolute atomic E-state index is 0.0195. The second kappa shape index (κ2) is 5.73. The maximum absolute atomic E-state index is 12.8. The van der Waals surface area contributed by atoms with Gasteiger partial charge in [0.2, 0.25) is 11.8 Å². The van der Waals surface area contributed by atoms with Gasteiger partial charge in [-0.05, 0) is 18.6 Å². The van der Waals surface area contributed by atoms with Crippen LogP contribution >= 0.6 is 0 Å². The van der Waals surface area contributed by atoms with Crippen molar-refractivity contribution < 1.29 is 24.2 Å². The molecule has 0 unspecified atom stereocenters. The predicted molar refractivity (Wildman–Crippen MR) is 87.3 cm³/mol. The van der Waals surface area contributed by atoms with Crippen LogP contribution in [0.2, 0.25) is 0 Å². The number of anilines is 1. The minimum atomic E-state index is -0.639. The van der Waals surface area contributed by atoms with E-state index in [1.807, 2.05) is 18.0 Å². The van der Waals surface area contributed by atoms with Gasteiger partial charge < -0.3 is 19.6 Å². The number of nitrogens with zero attached hydrogens (tertiary/aromatic N) is 2. The predicted octanol–water partition coefficient (Wildman–Crippen LogP) is -0.363. The van der Waals surface area contributed by atoms with Crippen LogP contribution in [0.25, 0.3) is 0 Å². The Balaban J connectivity index is 1.66. The zero-order valence-electron chi connectivity index (χ0n) is 13.8. The molecule has 0 radical (unpaired) electrons. The number of aliphatic hydroxyl groups is 1. The van der Waals surface area contributed by atoms with E-state index < -0.39 is 11.9 Å². The number of ether oxygens (including phenoxy) is 1. The van der Waals surface area contributed by atoms with Crippen LogP contribution in [0.1, 0.15) is 28.8 Å². The molecule has 0 bridgehead atoms. The van der Waals surface area contributed by atoms with Crippen LogP contribution in [0.5, 0.6) is 5.75 Å². The third-order valence-corrected chi connectivity index (χ3v) is 5.20. The average molecular weight is 345 g/mol. The molecule has 0 aliphatic carbocycles. The monoisotopic (exact) mass is 345 g/mol. The SMILES string of the molecule is CN1c2ccc3c(c2OC[C@@H]1CO)CN([C@H]1CCC(=O)NC1=O)C3=O. The molecular weight excluding hydrogens is 326 g/mol. The van der Waals surface area contributed by atoms with Gasteiger partial charge in [0.1, 0.15) is 18.4 Å². The van der Waals surface area contributed by atoms with Crippen LogP contribution in [-0.4, -0.2) is 60.1 Å². The van der Waals surface area contributed by atoms with Gasteiger partial charge in [-0.3, -0.25) is 19.7 Å². The standard InChI is InChI=1S/C17H19N3O5/c1-19-9(7-21)8-25-15-11-6-20(13-4-5-14(22)18-16(13)23)17(24)10(11)2-3-12(15)19/h2-3,9,13,21H,4-8H2,1H3,(H,18,22,23)/t9-,13-/m0/s1. The second-order valence-electron chi connectivity index (χ2n) is 6.60. The van der Waals surface area contributed by atoms with Crippen LogP contribution in [0.3, 0.4) is 0 Å². The number of likely N-dealkylation sites (N-methyl/N-ethyl adjacent to an activating group) is 1. The van der Waals surface area contributed by atoms with E-state index in [-0.39, 0.29) is 37.4 Å². The fourth-order valence-electron chi connectivity index (χ4n) is 3.70. The second-order valence-corrected chi connectivity index (χ2v) is 6.60. The minimum Gasteiger partial charge on any atom is -0.489 e. The molecular formula is C17H19N3O5. The van der Waals surface area contributed by atoms with Crippen LogP contribution in [0.15, 0.2) is 12.1 Å². The number of piperidine rings is 1. The normalized spacial score (nSPS) is 25.4. The van der Waals surface area contributed by atoms with Gasteiger partial charge in [0.15, 0.2) is 0 Å². The van der Waals surface area contributed by atoms with Crippen molar-refractivity contribution in [3.63, 3.8) is 0 Å². The summed E-state index contributed by atoms with van der Waals surface area (Å²) < 4.78 is 5.83. The molecule has 8 heteroatoms.